The van der Waals surface area contributed by atoms with E-state index in [0.717, 1.165) is 45.2 Å². The second kappa shape index (κ2) is 8.42. The van der Waals surface area contributed by atoms with Gasteiger partial charge in [0.1, 0.15) is 0 Å². The summed E-state index contributed by atoms with van der Waals surface area (Å²) in [6, 6.07) is 5.56. The summed E-state index contributed by atoms with van der Waals surface area (Å²) >= 11 is 0. The first kappa shape index (κ1) is 21.8. The first-order chi connectivity index (χ1) is 13.1. The van der Waals surface area contributed by atoms with Crippen LogP contribution in [-0.4, -0.2) is 61.6 Å². The fourth-order valence-corrected chi connectivity index (χ4v) is 6.32. The van der Waals surface area contributed by atoms with Crippen molar-refractivity contribution in [3.8, 4) is 0 Å². The molecule has 1 unspecified atom stereocenters. The minimum atomic E-state index is -3.64. The lowest BCUT2D eigenvalue weighted by Crippen LogP contribution is -2.49. The number of aliphatic hydroxyl groups excluding tert-OH is 1. The van der Waals surface area contributed by atoms with Crippen molar-refractivity contribution in [3.63, 3.8) is 0 Å². The van der Waals surface area contributed by atoms with Gasteiger partial charge < -0.3 is 10.0 Å². The normalized spacial score (nSPS) is 20.5. The lowest BCUT2D eigenvalue weighted by molar-refractivity contribution is 0.0795. The number of sulfonamides is 1. The zero-order valence-electron chi connectivity index (χ0n) is 17.8. The predicted octanol–water partition coefficient (Wildman–Crippen LogP) is 3.06. The van der Waals surface area contributed by atoms with E-state index >= 15 is 0 Å². The first-order valence-corrected chi connectivity index (χ1v) is 12.0. The molecule has 1 aromatic carbocycles. The van der Waals surface area contributed by atoms with Gasteiger partial charge in [0.2, 0.25) is 10.0 Å². The van der Waals surface area contributed by atoms with E-state index < -0.39 is 16.1 Å². The van der Waals surface area contributed by atoms with Gasteiger partial charge in [0.05, 0.1) is 11.0 Å². The molecule has 0 saturated carbocycles. The molecule has 6 heteroatoms. The number of hydrogen-bond donors (Lipinski definition) is 1. The highest BCUT2D eigenvalue weighted by Crippen LogP contribution is 2.30. The highest BCUT2D eigenvalue weighted by Gasteiger charge is 2.35. The Morgan fingerprint density at radius 1 is 1.18 bits per heavy atom. The van der Waals surface area contributed by atoms with Crippen molar-refractivity contribution < 1.29 is 13.5 Å². The zero-order chi connectivity index (χ0) is 20.5. The Kier molecular flexibility index (Phi) is 6.54. The van der Waals surface area contributed by atoms with E-state index in [2.05, 4.69) is 32.7 Å². The van der Waals surface area contributed by atoms with Crippen LogP contribution in [0.2, 0.25) is 0 Å². The van der Waals surface area contributed by atoms with Crippen LogP contribution in [-0.2, 0) is 22.9 Å². The van der Waals surface area contributed by atoms with Crippen LogP contribution in [0.15, 0.2) is 23.1 Å². The van der Waals surface area contributed by atoms with Gasteiger partial charge in [-0.05, 0) is 87.3 Å². The molecule has 1 aromatic rings. The number of hydrogen-bond acceptors (Lipinski definition) is 4. The summed E-state index contributed by atoms with van der Waals surface area (Å²) in [7, 11) is -1.56. The molecule has 1 saturated heterocycles. The standard InChI is InChI=1S/C22H36N2O3S/c1-22(2,3)15-20(25)16-24(19-10-12-23(4)13-11-19)28(26,27)21-9-8-17-6-5-7-18(17)14-21/h8-9,14,19-20,25H,5-7,10-13,15-16H2,1-4H3. The SMILES string of the molecule is CN1CCC(N(CC(O)CC(C)(C)C)S(=O)(=O)c2ccc3c(c2)CCC3)CC1. The van der Waals surface area contributed by atoms with Gasteiger partial charge in [-0.3, -0.25) is 0 Å². The zero-order valence-corrected chi connectivity index (χ0v) is 18.6. The third kappa shape index (κ3) is 5.15. The van der Waals surface area contributed by atoms with E-state index in [1.165, 1.54) is 11.1 Å². The molecule has 1 heterocycles. The van der Waals surface area contributed by atoms with Gasteiger partial charge in [-0.2, -0.15) is 4.31 Å². The number of aliphatic hydroxyl groups is 1. The lowest BCUT2D eigenvalue weighted by Gasteiger charge is -2.38. The second-order valence-corrected chi connectivity index (χ2v) is 11.7. The van der Waals surface area contributed by atoms with Gasteiger partial charge in [-0.1, -0.05) is 26.8 Å². The van der Waals surface area contributed by atoms with Gasteiger partial charge in [0.15, 0.2) is 0 Å². The number of rotatable bonds is 6. The average Bonchev–Trinajstić information content (AvgIpc) is 3.06. The van der Waals surface area contributed by atoms with Crippen molar-refractivity contribution in [1.29, 1.82) is 0 Å². The van der Waals surface area contributed by atoms with Crippen molar-refractivity contribution in [2.24, 2.45) is 5.41 Å². The number of piperidine rings is 1. The Morgan fingerprint density at radius 2 is 1.82 bits per heavy atom. The molecule has 5 nitrogen and oxygen atoms in total. The minimum Gasteiger partial charge on any atom is -0.392 e. The van der Waals surface area contributed by atoms with Gasteiger partial charge in [0, 0.05) is 12.6 Å². The van der Waals surface area contributed by atoms with E-state index in [-0.39, 0.29) is 18.0 Å². The van der Waals surface area contributed by atoms with Crippen LogP contribution >= 0.6 is 0 Å². The van der Waals surface area contributed by atoms with Crippen LogP contribution in [0.5, 0.6) is 0 Å². The van der Waals surface area contributed by atoms with E-state index in [0.29, 0.717) is 11.3 Å². The smallest absolute Gasteiger partial charge is 0.243 e. The lowest BCUT2D eigenvalue weighted by atomic mass is 9.89. The van der Waals surface area contributed by atoms with Gasteiger partial charge in [-0.15, -0.1) is 0 Å². The topological polar surface area (TPSA) is 60.9 Å². The molecule has 0 aromatic heterocycles. The van der Waals surface area contributed by atoms with Crippen LogP contribution in [0.25, 0.3) is 0 Å². The number of benzene rings is 1. The molecule has 1 aliphatic heterocycles. The monoisotopic (exact) mass is 408 g/mol. The van der Waals surface area contributed by atoms with E-state index in [1.807, 2.05) is 12.1 Å². The van der Waals surface area contributed by atoms with Crippen LogP contribution in [0.4, 0.5) is 0 Å². The molecular formula is C22H36N2O3S. The highest BCUT2D eigenvalue weighted by atomic mass is 32.2. The molecule has 3 rings (SSSR count). The number of nitrogens with zero attached hydrogens (tertiary/aromatic N) is 2. The Labute approximate surface area is 170 Å². The molecule has 2 aliphatic rings. The van der Waals surface area contributed by atoms with Crippen LogP contribution < -0.4 is 0 Å². The molecular weight excluding hydrogens is 372 g/mol. The third-order valence-electron chi connectivity index (χ3n) is 6.01. The van der Waals surface area contributed by atoms with Crippen molar-refractivity contribution >= 4 is 10.0 Å². The molecule has 28 heavy (non-hydrogen) atoms. The maximum atomic E-state index is 13.6. The Bertz CT molecular complexity index is 777. The summed E-state index contributed by atoms with van der Waals surface area (Å²) in [5.41, 5.74) is 2.40. The minimum absolute atomic E-state index is 0.0464. The first-order valence-electron chi connectivity index (χ1n) is 10.6. The van der Waals surface area contributed by atoms with Crippen molar-refractivity contribution in [1.82, 2.24) is 9.21 Å². The molecule has 0 amide bonds. The van der Waals surface area contributed by atoms with Crippen molar-refractivity contribution in [2.45, 2.75) is 76.3 Å². The quantitative estimate of drug-likeness (QED) is 0.786. The maximum Gasteiger partial charge on any atom is 0.243 e. The molecule has 1 N–H and O–H groups in total. The molecule has 1 fully saturated rings. The molecule has 1 aliphatic carbocycles. The fourth-order valence-electron chi connectivity index (χ4n) is 4.55. The molecule has 0 spiro atoms. The Morgan fingerprint density at radius 3 is 2.46 bits per heavy atom. The average molecular weight is 409 g/mol. The number of likely N-dealkylation sites (tertiary alicyclic amines) is 1. The van der Waals surface area contributed by atoms with E-state index in [1.54, 1.807) is 10.4 Å². The van der Waals surface area contributed by atoms with Gasteiger partial charge >= 0.3 is 0 Å². The van der Waals surface area contributed by atoms with Gasteiger partial charge in [0.25, 0.3) is 0 Å². The van der Waals surface area contributed by atoms with Crippen LogP contribution in [0, 0.1) is 5.41 Å². The molecule has 1 atom stereocenters. The summed E-state index contributed by atoms with van der Waals surface area (Å²) in [6.45, 7) is 8.17. The summed E-state index contributed by atoms with van der Waals surface area (Å²) in [5.74, 6) is 0. The number of fused-ring (bicyclic) bond motifs is 1. The molecule has 0 bridgehead atoms. The van der Waals surface area contributed by atoms with Crippen molar-refractivity contribution in [2.75, 3.05) is 26.7 Å². The predicted molar refractivity (Wildman–Crippen MR) is 113 cm³/mol. The van der Waals surface area contributed by atoms with E-state index in [4.69, 9.17) is 0 Å². The summed E-state index contributed by atoms with van der Waals surface area (Å²) in [4.78, 5) is 2.62. The second-order valence-electron chi connectivity index (χ2n) is 9.81. The van der Waals surface area contributed by atoms with Crippen LogP contribution in [0.1, 0.15) is 57.6 Å². The maximum absolute atomic E-state index is 13.6. The Balaban J connectivity index is 1.88. The molecule has 0 radical (unpaired) electrons. The highest BCUT2D eigenvalue weighted by molar-refractivity contribution is 7.89. The third-order valence-corrected chi connectivity index (χ3v) is 7.92. The number of aryl methyl sites for hydroxylation is 2. The van der Waals surface area contributed by atoms with E-state index in [9.17, 15) is 13.5 Å². The van der Waals surface area contributed by atoms with Gasteiger partial charge in [-0.25, -0.2) is 8.42 Å². The summed E-state index contributed by atoms with van der Waals surface area (Å²) in [5, 5.41) is 10.7. The largest absolute Gasteiger partial charge is 0.392 e. The van der Waals surface area contributed by atoms with Crippen molar-refractivity contribution in [3.05, 3.63) is 29.3 Å². The summed E-state index contributed by atoms with van der Waals surface area (Å²) in [6.07, 6.45) is 4.63. The fraction of sp³-hybridized carbons (Fsp3) is 0.727. The Hall–Kier alpha value is -0.950. The molecule has 158 valence electrons. The van der Waals surface area contributed by atoms with Crippen LogP contribution in [0.3, 0.4) is 0 Å². The summed E-state index contributed by atoms with van der Waals surface area (Å²) < 4.78 is 28.8.